The van der Waals surface area contributed by atoms with Crippen LogP contribution in [0.2, 0.25) is 5.15 Å². The number of halogens is 4. The highest BCUT2D eigenvalue weighted by Gasteiger charge is 2.33. The Bertz CT molecular complexity index is 1140. The second kappa shape index (κ2) is 7.24. The van der Waals surface area contributed by atoms with E-state index in [-0.39, 0.29) is 10.7 Å². The number of hydrogen-bond acceptors (Lipinski definition) is 3. The van der Waals surface area contributed by atoms with Gasteiger partial charge in [-0.25, -0.2) is 9.97 Å². The van der Waals surface area contributed by atoms with Gasteiger partial charge >= 0.3 is 6.18 Å². The van der Waals surface area contributed by atoms with Crippen LogP contribution in [0, 0.1) is 6.42 Å². The minimum absolute atomic E-state index is 0.0611. The lowest BCUT2D eigenvalue weighted by molar-refractivity contribution is -0.138. The molecule has 0 aromatic carbocycles. The van der Waals surface area contributed by atoms with Crippen molar-refractivity contribution in [2.75, 3.05) is 0 Å². The van der Waals surface area contributed by atoms with Crippen LogP contribution in [0.1, 0.15) is 27.9 Å². The molecule has 0 amide bonds. The average Bonchev–Trinajstić information content (AvgIpc) is 3.07. The maximum atomic E-state index is 13.1. The Kier molecular flexibility index (Phi) is 4.77. The van der Waals surface area contributed by atoms with Crippen molar-refractivity contribution in [3.63, 3.8) is 0 Å². The fourth-order valence-electron chi connectivity index (χ4n) is 2.99. The predicted octanol–water partition coefficient (Wildman–Crippen LogP) is 5.22. The maximum Gasteiger partial charge on any atom is 0.416 e. The smallest absolute Gasteiger partial charge is 0.346 e. The summed E-state index contributed by atoms with van der Waals surface area (Å²) in [5.41, 5.74) is 2.06. The van der Waals surface area contributed by atoms with E-state index in [4.69, 9.17) is 11.6 Å². The van der Waals surface area contributed by atoms with E-state index >= 15 is 0 Å². The molecular formula is C20H13ClF3N4. The molecule has 1 N–H and O–H groups in total. The largest absolute Gasteiger partial charge is 0.416 e. The Balaban J connectivity index is 1.59. The van der Waals surface area contributed by atoms with Crippen molar-refractivity contribution in [2.45, 2.75) is 12.6 Å². The number of aromatic amines is 1. The molecule has 4 aromatic heterocycles. The first-order valence-corrected chi connectivity index (χ1v) is 8.72. The number of fused-ring (bicyclic) bond motifs is 1. The molecule has 0 spiro atoms. The first-order chi connectivity index (χ1) is 13.4. The standard InChI is InChI=1S/C20H13ClF3N4/c21-18-12(8-13-11-27-19-16(13)2-1-6-26-19)3-4-15(28-18)9-14-10-25-7-5-17(14)20(22,23)24/h1-7,9-11H,8H2,(H,26,27). The molecule has 0 aliphatic carbocycles. The van der Waals surface area contributed by atoms with Crippen molar-refractivity contribution in [1.82, 2.24) is 19.9 Å². The Morgan fingerprint density at radius 2 is 1.93 bits per heavy atom. The first-order valence-electron chi connectivity index (χ1n) is 8.34. The summed E-state index contributed by atoms with van der Waals surface area (Å²) in [4.78, 5) is 15.4. The summed E-state index contributed by atoms with van der Waals surface area (Å²) in [5, 5.41) is 1.23. The third-order valence-corrected chi connectivity index (χ3v) is 4.65. The van der Waals surface area contributed by atoms with Crippen LogP contribution in [0.3, 0.4) is 0 Å². The van der Waals surface area contributed by atoms with Crippen LogP contribution < -0.4 is 0 Å². The molecular weight excluding hydrogens is 389 g/mol. The van der Waals surface area contributed by atoms with Crippen LogP contribution in [0.4, 0.5) is 13.2 Å². The zero-order valence-electron chi connectivity index (χ0n) is 14.3. The van der Waals surface area contributed by atoms with Crippen molar-refractivity contribution in [2.24, 2.45) is 0 Å². The predicted molar refractivity (Wildman–Crippen MR) is 99.9 cm³/mol. The maximum absolute atomic E-state index is 13.1. The van der Waals surface area contributed by atoms with Crippen molar-refractivity contribution in [3.8, 4) is 0 Å². The Hall–Kier alpha value is -2.93. The lowest BCUT2D eigenvalue weighted by Crippen LogP contribution is -2.09. The summed E-state index contributed by atoms with van der Waals surface area (Å²) in [6, 6.07) is 8.15. The molecule has 1 radical (unpaired) electrons. The Morgan fingerprint density at radius 1 is 1.07 bits per heavy atom. The van der Waals surface area contributed by atoms with Crippen LogP contribution in [0.15, 0.2) is 55.1 Å². The topological polar surface area (TPSA) is 54.5 Å². The molecule has 0 saturated heterocycles. The van der Waals surface area contributed by atoms with Crippen LogP contribution >= 0.6 is 11.6 Å². The number of nitrogens with one attached hydrogen (secondary N) is 1. The molecule has 0 unspecified atom stereocenters. The molecule has 4 rings (SSSR count). The molecule has 141 valence electrons. The van der Waals surface area contributed by atoms with Gasteiger partial charge in [-0.2, -0.15) is 13.2 Å². The van der Waals surface area contributed by atoms with E-state index in [0.29, 0.717) is 12.1 Å². The second-order valence-corrected chi connectivity index (χ2v) is 6.54. The molecule has 0 aliphatic rings. The summed E-state index contributed by atoms with van der Waals surface area (Å²) >= 11 is 6.30. The molecule has 4 heterocycles. The fraction of sp³-hybridized carbons (Fsp3) is 0.100. The minimum atomic E-state index is -4.47. The molecule has 0 fully saturated rings. The molecule has 4 aromatic rings. The molecule has 28 heavy (non-hydrogen) atoms. The zero-order valence-corrected chi connectivity index (χ0v) is 15.1. The van der Waals surface area contributed by atoms with Gasteiger partial charge < -0.3 is 4.98 Å². The minimum Gasteiger partial charge on any atom is -0.346 e. The number of nitrogens with zero attached hydrogens (tertiary/aromatic N) is 3. The van der Waals surface area contributed by atoms with E-state index in [1.165, 1.54) is 6.42 Å². The molecule has 0 aliphatic heterocycles. The summed E-state index contributed by atoms with van der Waals surface area (Å²) in [7, 11) is 0. The molecule has 8 heteroatoms. The van der Waals surface area contributed by atoms with E-state index in [1.54, 1.807) is 18.3 Å². The van der Waals surface area contributed by atoms with Gasteiger partial charge in [0.25, 0.3) is 0 Å². The fourth-order valence-corrected chi connectivity index (χ4v) is 3.22. The Labute approximate surface area is 163 Å². The highest BCUT2D eigenvalue weighted by molar-refractivity contribution is 6.30. The van der Waals surface area contributed by atoms with Crippen LogP contribution in [0.25, 0.3) is 11.0 Å². The van der Waals surface area contributed by atoms with E-state index in [2.05, 4.69) is 19.9 Å². The van der Waals surface area contributed by atoms with Gasteiger partial charge in [-0.3, -0.25) is 4.98 Å². The average molecular weight is 402 g/mol. The van der Waals surface area contributed by atoms with Crippen LogP contribution in [-0.2, 0) is 12.6 Å². The highest BCUT2D eigenvalue weighted by atomic mass is 35.5. The molecule has 0 bridgehead atoms. The van der Waals surface area contributed by atoms with Gasteiger partial charge in [-0.15, -0.1) is 0 Å². The van der Waals surface area contributed by atoms with E-state index in [0.717, 1.165) is 40.6 Å². The lowest BCUT2D eigenvalue weighted by Gasteiger charge is -2.12. The first kappa shape index (κ1) is 18.4. The second-order valence-electron chi connectivity index (χ2n) is 6.18. The van der Waals surface area contributed by atoms with Gasteiger partial charge in [-0.1, -0.05) is 17.7 Å². The third-order valence-electron chi connectivity index (χ3n) is 4.33. The number of H-pyrrole nitrogens is 1. The number of rotatable bonds is 4. The van der Waals surface area contributed by atoms with Gasteiger partial charge in [0.15, 0.2) is 0 Å². The van der Waals surface area contributed by atoms with Gasteiger partial charge in [0.2, 0.25) is 0 Å². The van der Waals surface area contributed by atoms with Crippen molar-refractivity contribution < 1.29 is 13.2 Å². The van der Waals surface area contributed by atoms with E-state index in [1.807, 2.05) is 18.3 Å². The number of alkyl halides is 3. The number of pyridine rings is 3. The zero-order chi connectivity index (χ0) is 19.7. The summed E-state index contributed by atoms with van der Waals surface area (Å²) in [6.45, 7) is 0. The van der Waals surface area contributed by atoms with Crippen LogP contribution in [-0.4, -0.2) is 19.9 Å². The van der Waals surface area contributed by atoms with Gasteiger partial charge in [0.05, 0.1) is 11.3 Å². The van der Waals surface area contributed by atoms with Crippen molar-refractivity contribution in [1.29, 1.82) is 0 Å². The third kappa shape index (κ3) is 3.71. The monoisotopic (exact) mass is 401 g/mol. The highest BCUT2D eigenvalue weighted by Crippen LogP contribution is 2.33. The normalized spacial score (nSPS) is 11.9. The lowest BCUT2D eigenvalue weighted by atomic mass is 10.0. The molecule has 0 saturated carbocycles. The van der Waals surface area contributed by atoms with Crippen molar-refractivity contribution in [3.05, 3.63) is 94.6 Å². The summed E-state index contributed by atoms with van der Waals surface area (Å²) in [6.07, 6.45) is 3.21. The molecule has 0 atom stereocenters. The number of hydrogen-bond donors (Lipinski definition) is 1. The number of aromatic nitrogens is 4. The van der Waals surface area contributed by atoms with Gasteiger partial charge in [0, 0.05) is 43.0 Å². The quantitative estimate of drug-likeness (QED) is 0.477. The van der Waals surface area contributed by atoms with E-state index < -0.39 is 11.7 Å². The Morgan fingerprint density at radius 3 is 2.71 bits per heavy atom. The van der Waals surface area contributed by atoms with Crippen molar-refractivity contribution >= 4 is 22.6 Å². The SMILES string of the molecule is FC(F)(F)c1ccncc1[CH]c1ccc(Cc2c[nH]c3ncccc23)c(Cl)n1. The summed E-state index contributed by atoms with van der Waals surface area (Å²) in [5.74, 6) is 0. The summed E-state index contributed by atoms with van der Waals surface area (Å²) < 4.78 is 39.4. The van der Waals surface area contributed by atoms with Crippen LogP contribution in [0.5, 0.6) is 0 Å². The van der Waals surface area contributed by atoms with Gasteiger partial charge in [-0.05, 0) is 41.0 Å². The van der Waals surface area contributed by atoms with Gasteiger partial charge in [0.1, 0.15) is 10.8 Å². The van der Waals surface area contributed by atoms with E-state index in [9.17, 15) is 13.2 Å². The molecule has 4 nitrogen and oxygen atoms in total.